The van der Waals surface area contributed by atoms with Crippen molar-refractivity contribution in [3.8, 4) is 0 Å². The predicted octanol–water partition coefficient (Wildman–Crippen LogP) is 0.879. The molecular weight excluding hydrogens is 300 g/mol. The van der Waals surface area contributed by atoms with E-state index in [0.717, 1.165) is 13.1 Å². The van der Waals surface area contributed by atoms with Crippen molar-refractivity contribution < 1.29 is 8.42 Å². The zero-order chi connectivity index (χ0) is 14.0. The molecule has 0 unspecified atom stereocenters. The van der Waals surface area contributed by atoms with E-state index in [1.807, 2.05) is 0 Å². The maximum absolute atomic E-state index is 11.7. The van der Waals surface area contributed by atoms with Crippen LogP contribution in [0.5, 0.6) is 0 Å². The fourth-order valence-electron chi connectivity index (χ4n) is 2.09. The summed E-state index contributed by atoms with van der Waals surface area (Å²) in [5, 5.41) is 3.38. The van der Waals surface area contributed by atoms with Crippen molar-refractivity contribution in [3.05, 3.63) is 12.4 Å². The molecule has 0 radical (unpaired) electrons. The second-order valence-corrected chi connectivity index (χ2v) is 7.21. The Labute approximate surface area is 126 Å². The van der Waals surface area contributed by atoms with Crippen LogP contribution in [-0.4, -0.2) is 49.3 Å². The van der Waals surface area contributed by atoms with E-state index < -0.39 is 9.84 Å². The number of nitrogens with zero attached hydrogens (tertiary/aromatic N) is 3. The Balaban J connectivity index is 0.00000200. The lowest BCUT2D eigenvalue weighted by Crippen LogP contribution is -2.55. The van der Waals surface area contributed by atoms with E-state index in [0.29, 0.717) is 18.0 Å². The molecule has 8 heteroatoms. The SMILES string of the molecule is CCS(=O)(=O)c1cnc(N2C[C@@H](C)NC[C@@H]2C)nc1.Cl. The average molecular weight is 321 g/mol. The predicted molar refractivity (Wildman–Crippen MR) is 81.3 cm³/mol. The highest BCUT2D eigenvalue weighted by Gasteiger charge is 2.24. The topological polar surface area (TPSA) is 75.2 Å². The Morgan fingerprint density at radius 3 is 2.50 bits per heavy atom. The van der Waals surface area contributed by atoms with E-state index in [9.17, 15) is 8.42 Å². The Morgan fingerprint density at radius 1 is 1.35 bits per heavy atom. The average Bonchev–Trinajstić information content (AvgIpc) is 2.42. The maximum atomic E-state index is 11.7. The smallest absolute Gasteiger partial charge is 0.225 e. The van der Waals surface area contributed by atoms with Crippen LogP contribution in [-0.2, 0) is 9.84 Å². The second kappa shape index (κ2) is 6.69. The minimum Gasteiger partial charge on any atom is -0.335 e. The van der Waals surface area contributed by atoms with Crippen LogP contribution in [0.15, 0.2) is 17.3 Å². The van der Waals surface area contributed by atoms with Crippen LogP contribution in [0.25, 0.3) is 0 Å². The number of rotatable bonds is 3. The standard InChI is InChI=1S/C12H20N4O2S.ClH/c1-4-19(17,18)11-6-14-12(15-7-11)16-8-9(2)13-5-10(16)3;/h6-7,9-10,13H,4-5,8H2,1-3H3;1H/t9-,10+;/m1./s1. The van der Waals surface area contributed by atoms with Crippen LogP contribution < -0.4 is 10.2 Å². The van der Waals surface area contributed by atoms with Gasteiger partial charge >= 0.3 is 0 Å². The van der Waals surface area contributed by atoms with Crippen LogP contribution in [0, 0.1) is 0 Å². The highest BCUT2D eigenvalue weighted by molar-refractivity contribution is 7.91. The van der Waals surface area contributed by atoms with E-state index in [4.69, 9.17) is 0 Å². The number of anilines is 1. The molecule has 0 saturated carbocycles. The summed E-state index contributed by atoms with van der Waals surface area (Å²) in [5.41, 5.74) is 0. The molecule has 1 aromatic rings. The third-order valence-corrected chi connectivity index (χ3v) is 5.06. The Kier molecular flexibility index (Phi) is 5.73. The molecule has 2 rings (SSSR count). The molecule has 20 heavy (non-hydrogen) atoms. The second-order valence-electron chi connectivity index (χ2n) is 4.93. The number of halogens is 1. The first-order valence-electron chi connectivity index (χ1n) is 6.49. The molecule has 0 aliphatic carbocycles. The van der Waals surface area contributed by atoms with Crippen molar-refractivity contribution in [2.45, 2.75) is 37.8 Å². The van der Waals surface area contributed by atoms with E-state index in [1.165, 1.54) is 12.4 Å². The van der Waals surface area contributed by atoms with Gasteiger partial charge < -0.3 is 10.2 Å². The van der Waals surface area contributed by atoms with Crippen molar-refractivity contribution >= 4 is 28.2 Å². The van der Waals surface area contributed by atoms with Crippen LogP contribution in [0.2, 0.25) is 0 Å². The highest BCUT2D eigenvalue weighted by Crippen LogP contribution is 2.16. The highest BCUT2D eigenvalue weighted by atomic mass is 35.5. The van der Waals surface area contributed by atoms with E-state index in [2.05, 4.69) is 34.0 Å². The summed E-state index contributed by atoms with van der Waals surface area (Å²) in [7, 11) is -3.23. The number of aromatic nitrogens is 2. The lowest BCUT2D eigenvalue weighted by atomic mass is 10.1. The minimum absolute atomic E-state index is 0. The first kappa shape index (κ1) is 17.1. The van der Waals surface area contributed by atoms with Crippen LogP contribution in [0.1, 0.15) is 20.8 Å². The number of nitrogens with one attached hydrogen (secondary N) is 1. The monoisotopic (exact) mass is 320 g/mol. The van der Waals surface area contributed by atoms with Crippen molar-refractivity contribution in [2.75, 3.05) is 23.7 Å². The number of sulfone groups is 1. The van der Waals surface area contributed by atoms with Gasteiger partial charge in [-0.2, -0.15) is 0 Å². The Bertz CT molecular complexity index is 535. The molecule has 1 fully saturated rings. The molecular formula is C12H21ClN4O2S. The normalized spacial score (nSPS) is 23.2. The van der Waals surface area contributed by atoms with Gasteiger partial charge in [0.1, 0.15) is 4.90 Å². The van der Waals surface area contributed by atoms with E-state index in [1.54, 1.807) is 6.92 Å². The molecule has 1 aliphatic heterocycles. The summed E-state index contributed by atoms with van der Waals surface area (Å²) in [6.45, 7) is 7.51. The van der Waals surface area contributed by atoms with E-state index in [-0.39, 0.29) is 23.1 Å². The van der Waals surface area contributed by atoms with Gasteiger partial charge in [0.2, 0.25) is 5.95 Å². The van der Waals surface area contributed by atoms with Gasteiger partial charge in [-0.25, -0.2) is 18.4 Å². The lowest BCUT2D eigenvalue weighted by molar-refractivity contribution is 0.419. The zero-order valence-electron chi connectivity index (χ0n) is 11.9. The van der Waals surface area contributed by atoms with Crippen molar-refractivity contribution in [1.82, 2.24) is 15.3 Å². The molecule has 0 aromatic carbocycles. The van der Waals surface area contributed by atoms with Gasteiger partial charge in [-0.3, -0.25) is 0 Å². The largest absolute Gasteiger partial charge is 0.335 e. The molecule has 1 aromatic heterocycles. The van der Waals surface area contributed by atoms with Crippen molar-refractivity contribution in [3.63, 3.8) is 0 Å². The fraction of sp³-hybridized carbons (Fsp3) is 0.667. The van der Waals surface area contributed by atoms with Crippen LogP contribution in [0.3, 0.4) is 0 Å². The number of hydrogen-bond acceptors (Lipinski definition) is 6. The summed E-state index contributed by atoms with van der Waals surface area (Å²) in [6, 6.07) is 0.670. The number of piperazine rings is 1. The van der Waals surface area contributed by atoms with E-state index >= 15 is 0 Å². The fourth-order valence-corrected chi connectivity index (χ4v) is 2.85. The maximum Gasteiger partial charge on any atom is 0.225 e. The van der Waals surface area contributed by atoms with Gasteiger partial charge in [-0.15, -0.1) is 12.4 Å². The molecule has 1 aliphatic rings. The van der Waals surface area contributed by atoms with Gasteiger partial charge in [0, 0.05) is 25.2 Å². The first-order chi connectivity index (χ1) is 8.94. The molecule has 0 amide bonds. The van der Waals surface area contributed by atoms with Crippen molar-refractivity contribution in [1.29, 1.82) is 0 Å². The summed E-state index contributed by atoms with van der Waals surface area (Å²) >= 11 is 0. The molecule has 1 N–H and O–H groups in total. The van der Waals surface area contributed by atoms with Gasteiger partial charge in [-0.05, 0) is 13.8 Å². The molecule has 114 valence electrons. The summed E-state index contributed by atoms with van der Waals surface area (Å²) in [6.07, 6.45) is 2.81. The third-order valence-electron chi connectivity index (χ3n) is 3.37. The molecule has 0 bridgehead atoms. The summed E-state index contributed by atoms with van der Waals surface area (Å²) in [5.74, 6) is 0.660. The first-order valence-corrected chi connectivity index (χ1v) is 8.14. The summed E-state index contributed by atoms with van der Waals surface area (Å²) in [4.78, 5) is 10.7. The zero-order valence-corrected chi connectivity index (χ0v) is 13.5. The lowest BCUT2D eigenvalue weighted by Gasteiger charge is -2.37. The van der Waals surface area contributed by atoms with Gasteiger partial charge in [0.05, 0.1) is 18.1 Å². The molecule has 2 heterocycles. The van der Waals surface area contributed by atoms with Gasteiger partial charge in [-0.1, -0.05) is 6.92 Å². The quantitative estimate of drug-likeness (QED) is 0.891. The molecule has 6 nitrogen and oxygen atoms in total. The molecule has 1 saturated heterocycles. The summed E-state index contributed by atoms with van der Waals surface area (Å²) < 4.78 is 23.4. The van der Waals surface area contributed by atoms with Crippen LogP contribution >= 0.6 is 12.4 Å². The minimum atomic E-state index is -3.23. The molecule has 2 atom stereocenters. The van der Waals surface area contributed by atoms with Gasteiger partial charge in [0.15, 0.2) is 9.84 Å². The Hall–Kier alpha value is -0.920. The Morgan fingerprint density at radius 2 is 1.95 bits per heavy atom. The van der Waals surface area contributed by atoms with Crippen LogP contribution in [0.4, 0.5) is 5.95 Å². The molecule has 0 spiro atoms. The third kappa shape index (κ3) is 3.59. The van der Waals surface area contributed by atoms with Gasteiger partial charge in [0.25, 0.3) is 0 Å². The number of hydrogen-bond donors (Lipinski definition) is 1. The van der Waals surface area contributed by atoms with Crippen molar-refractivity contribution in [2.24, 2.45) is 0 Å².